The molecule has 2 heterocycles. The number of hydrogen-bond acceptors (Lipinski definition) is 7. The van der Waals surface area contributed by atoms with E-state index in [9.17, 15) is 5.26 Å². The topological polar surface area (TPSA) is 69.6 Å². The predicted molar refractivity (Wildman–Crippen MR) is 128 cm³/mol. The summed E-state index contributed by atoms with van der Waals surface area (Å²) in [6, 6.07) is 12.4. The minimum absolute atomic E-state index is 0.364. The molecule has 0 bridgehead atoms. The smallest absolute Gasteiger partial charge is 0.179 e. The molecule has 1 saturated heterocycles. The molecular formula is C24H25ClN4O2S. The summed E-state index contributed by atoms with van der Waals surface area (Å²) in [5, 5.41) is 19.0. The molecule has 2 aromatic carbocycles. The van der Waals surface area contributed by atoms with E-state index in [1.807, 2.05) is 23.4 Å². The largest absolute Gasteiger partial charge is 0.387 e. The third-order valence-electron chi connectivity index (χ3n) is 5.95. The van der Waals surface area contributed by atoms with Crippen molar-refractivity contribution in [3.8, 4) is 17.2 Å². The summed E-state index contributed by atoms with van der Waals surface area (Å²) in [6.45, 7) is 2.50. The number of nitrogens with zero attached hydrogens (tertiary/aromatic N) is 2. The minimum Gasteiger partial charge on any atom is -0.387 e. The number of nitriles is 1. The number of fused-ring (bicyclic) bond motifs is 1. The van der Waals surface area contributed by atoms with Crippen LogP contribution >= 0.6 is 23.9 Å². The van der Waals surface area contributed by atoms with Crippen molar-refractivity contribution in [1.82, 2.24) is 10.4 Å². The standard InChI is InChI=1S/C24H25ClN4O2S/c25-20-10-16(14-26)9-18(12-20)19-11-17-3-6-27-15-23(17)24(13-19)28-21-4-7-29(8-5-21)31-32-30-22-1-2-22/h3,6,9-13,21-22,27-28H,1-2,4-5,7-8,15H2. The van der Waals surface area contributed by atoms with Gasteiger partial charge < -0.3 is 10.6 Å². The zero-order valence-corrected chi connectivity index (χ0v) is 19.2. The first-order chi connectivity index (χ1) is 15.7. The second-order valence-electron chi connectivity index (χ2n) is 8.43. The molecule has 32 heavy (non-hydrogen) atoms. The number of rotatable bonds is 7. The Labute approximate surface area is 197 Å². The van der Waals surface area contributed by atoms with Crippen molar-refractivity contribution >= 4 is 35.7 Å². The number of anilines is 1. The molecule has 0 amide bonds. The van der Waals surface area contributed by atoms with Crippen molar-refractivity contribution in [2.75, 3.05) is 18.4 Å². The molecule has 0 spiro atoms. The van der Waals surface area contributed by atoms with Crippen LogP contribution in [0.25, 0.3) is 17.2 Å². The molecular weight excluding hydrogens is 444 g/mol. The number of nitrogens with one attached hydrogen (secondary N) is 2. The first-order valence-corrected chi connectivity index (χ1v) is 12.0. The van der Waals surface area contributed by atoms with Gasteiger partial charge in [-0.3, -0.25) is 4.18 Å². The van der Waals surface area contributed by atoms with Crippen LogP contribution in [0.1, 0.15) is 42.4 Å². The highest BCUT2D eigenvalue weighted by atomic mass is 35.5. The molecule has 2 fully saturated rings. The Morgan fingerprint density at radius 3 is 2.69 bits per heavy atom. The molecule has 2 aromatic rings. The van der Waals surface area contributed by atoms with Crippen LogP contribution in [-0.4, -0.2) is 30.3 Å². The highest BCUT2D eigenvalue weighted by Crippen LogP contribution is 2.34. The van der Waals surface area contributed by atoms with Crippen LogP contribution < -0.4 is 10.6 Å². The minimum atomic E-state index is 0.364. The third kappa shape index (κ3) is 5.22. The van der Waals surface area contributed by atoms with Gasteiger partial charge >= 0.3 is 0 Å². The Hall–Kier alpha value is -2.21. The average Bonchev–Trinajstić information content (AvgIpc) is 3.64. The maximum absolute atomic E-state index is 9.34. The van der Waals surface area contributed by atoms with E-state index in [1.165, 1.54) is 11.1 Å². The van der Waals surface area contributed by atoms with Gasteiger partial charge in [0.1, 0.15) is 0 Å². The van der Waals surface area contributed by atoms with Gasteiger partial charge in [0, 0.05) is 41.9 Å². The van der Waals surface area contributed by atoms with Gasteiger partial charge in [0.25, 0.3) is 0 Å². The summed E-state index contributed by atoms with van der Waals surface area (Å²) in [5.41, 5.74) is 6.11. The Morgan fingerprint density at radius 1 is 1.09 bits per heavy atom. The first-order valence-electron chi connectivity index (χ1n) is 11.0. The van der Waals surface area contributed by atoms with E-state index in [4.69, 9.17) is 20.1 Å². The number of hydrogen-bond donors (Lipinski definition) is 2. The quantitative estimate of drug-likeness (QED) is 0.519. The van der Waals surface area contributed by atoms with E-state index in [-0.39, 0.29) is 0 Å². The maximum Gasteiger partial charge on any atom is 0.179 e. The van der Waals surface area contributed by atoms with Crippen molar-refractivity contribution in [2.45, 2.75) is 44.4 Å². The van der Waals surface area contributed by atoms with Crippen LogP contribution in [0.3, 0.4) is 0 Å². The molecule has 1 aliphatic carbocycles. The molecule has 0 atom stereocenters. The van der Waals surface area contributed by atoms with Crippen molar-refractivity contribution in [2.24, 2.45) is 0 Å². The maximum atomic E-state index is 9.34. The molecule has 6 nitrogen and oxygen atoms in total. The van der Waals surface area contributed by atoms with Gasteiger partial charge in [0.2, 0.25) is 0 Å². The summed E-state index contributed by atoms with van der Waals surface area (Å²) in [7, 11) is 0. The van der Waals surface area contributed by atoms with Crippen LogP contribution in [0, 0.1) is 11.3 Å². The van der Waals surface area contributed by atoms with E-state index >= 15 is 0 Å². The van der Waals surface area contributed by atoms with Gasteiger partial charge in [-0.05, 0) is 85.0 Å². The fraction of sp³-hybridized carbons (Fsp3) is 0.375. The SMILES string of the molecule is N#Cc1cc(Cl)cc(-c2cc3c(c(NC4CCN(OSOC5CC5)CC4)c2)CNC=C3)c1. The molecule has 2 aliphatic heterocycles. The zero-order chi connectivity index (χ0) is 21.9. The van der Waals surface area contributed by atoms with Gasteiger partial charge in [-0.2, -0.15) is 14.6 Å². The number of benzene rings is 2. The number of piperidine rings is 1. The molecule has 0 unspecified atom stereocenters. The van der Waals surface area contributed by atoms with Crippen molar-refractivity contribution < 1.29 is 8.47 Å². The lowest BCUT2D eigenvalue weighted by atomic mass is 9.94. The van der Waals surface area contributed by atoms with E-state index in [0.29, 0.717) is 22.7 Å². The normalized spacial score (nSPS) is 18.6. The van der Waals surface area contributed by atoms with Crippen molar-refractivity contribution in [3.63, 3.8) is 0 Å². The Morgan fingerprint density at radius 2 is 1.91 bits per heavy atom. The Balaban J connectivity index is 1.31. The fourth-order valence-corrected chi connectivity index (χ4v) is 4.85. The first kappa shape index (κ1) is 21.6. The second kappa shape index (κ2) is 9.74. The highest BCUT2D eigenvalue weighted by Gasteiger charge is 2.25. The second-order valence-corrected chi connectivity index (χ2v) is 9.35. The van der Waals surface area contributed by atoms with E-state index in [1.54, 1.807) is 6.07 Å². The van der Waals surface area contributed by atoms with Crippen molar-refractivity contribution in [1.29, 1.82) is 5.26 Å². The number of hydroxylamine groups is 2. The fourth-order valence-electron chi connectivity index (χ4n) is 4.04. The molecule has 166 valence electrons. The monoisotopic (exact) mass is 468 g/mol. The summed E-state index contributed by atoms with van der Waals surface area (Å²) < 4.78 is 11.2. The summed E-state index contributed by atoms with van der Waals surface area (Å²) in [6.07, 6.45) is 8.71. The van der Waals surface area contributed by atoms with Crippen LogP contribution in [0.5, 0.6) is 0 Å². The summed E-state index contributed by atoms with van der Waals surface area (Å²) >= 11 is 7.38. The van der Waals surface area contributed by atoms with E-state index in [0.717, 1.165) is 74.5 Å². The molecule has 3 aliphatic rings. The molecule has 5 rings (SSSR count). The highest BCUT2D eigenvalue weighted by molar-refractivity contribution is 7.89. The van der Waals surface area contributed by atoms with Crippen LogP contribution in [-0.2, 0) is 15.0 Å². The van der Waals surface area contributed by atoms with Crippen molar-refractivity contribution in [3.05, 3.63) is 58.2 Å². The van der Waals surface area contributed by atoms with Gasteiger partial charge in [-0.15, -0.1) is 0 Å². The molecule has 8 heteroatoms. The predicted octanol–water partition coefficient (Wildman–Crippen LogP) is 5.50. The van der Waals surface area contributed by atoms with Gasteiger partial charge in [-0.1, -0.05) is 11.6 Å². The van der Waals surface area contributed by atoms with Crippen LogP contribution in [0.15, 0.2) is 36.5 Å². The van der Waals surface area contributed by atoms with E-state index in [2.05, 4.69) is 34.9 Å². The molecule has 1 saturated carbocycles. The average molecular weight is 469 g/mol. The number of halogens is 1. The molecule has 0 radical (unpaired) electrons. The van der Waals surface area contributed by atoms with Gasteiger partial charge in [0.05, 0.1) is 17.7 Å². The lowest BCUT2D eigenvalue weighted by molar-refractivity contribution is -0.0630. The Kier molecular flexibility index (Phi) is 6.58. The van der Waals surface area contributed by atoms with Crippen LogP contribution in [0.2, 0.25) is 5.02 Å². The third-order valence-corrected chi connectivity index (χ3v) is 6.79. The lowest BCUT2D eigenvalue weighted by Gasteiger charge is -2.32. The lowest BCUT2D eigenvalue weighted by Crippen LogP contribution is -2.38. The summed E-state index contributed by atoms with van der Waals surface area (Å²) in [5.74, 6) is 0. The zero-order valence-electron chi connectivity index (χ0n) is 17.6. The van der Waals surface area contributed by atoms with Gasteiger partial charge in [-0.25, -0.2) is 0 Å². The molecule has 0 aromatic heterocycles. The van der Waals surface area contributed by atoms with Crippen LogP contribution in [0.4, 0.5) is 5.69 Å². The Bertz CT molecular complexity index is 1060. The van der Waals surface area contributed by atoms with E-state index < -0.39 is 0 Å². The summed E-state index contributed by atoms with van der Waals surface area (Å²) in [4.78, 5) is 0. The molecule has 2 N–H and O–H groups in total. The van der Waals surface area contributed by atoms with Gasteiger partial charge in [0.15, 0.2) is 12.3 Å².